The molecule has 0 saturated carbocycles. The second-order valence-electron chi connectivity index (χ2n) is 4.56. The number of phenolic OH excluding ortho intramolecular Hbond substituents is 1. The lowest BCUT2D eigenvalue weighted by Gasteiger charge is -2.19. The van der Waals surface area contributed by atoms with Crippen LogP contribution < -0.4 is 5.32 Å². The second kappa shape index (κ2) is 5.58. The average Bonchev–Trinajstić information content (AvgIpc) is 2.39. The Morgan fingerprint density at radius 1 is 1.00 bits per heavy atom. The zero-order valence-corrected chi connectivity index (χ0v) is 10.9. The van der Waals surface area contributed by atoms with Crippen molar-refractivity contribution in [3.63, 3.8) is 0 Å². The van der Waals surface area contributed by atoms with Crippen LogP contribution in [-0.2, 0) is 0 Å². The van der Waals surface area contributed by atoms with Crippen LogP contribution in [0.15, 0.2) is 48.5 Å². The minimum Gasteiger partial charge on any atom is -0.508 e. The Balaban J connectivity index is 2.14. The van der Waals surface area contributed by atoms with Crippen molar-refractivity contribution in [1.82, 2.24) is 0 Å². The maximum absolute atomic E-state index is 9.27. The minimum absolute atomic E-state index is 0.295. The van der Waals surface area contributed by atoms with E-state index in [0.717, 1.165) is 12.1 Å². The summed E-state index contributed by atoms with van der Waals surface area (Å²) in [5.41, 5.74) is 3.59. The fourth-order valence-electron chi connectivity index (χ4n) is 1.98. The highest BCUT2D eigenvalue weighted by molar-refractivity contribution is 5.48. The Bertz CT molecular complexity index is 488. The molecule has 0 amide bonds. The van der Waals surface area contributed by atoms with Gasteiger partial charge in [0, 0.05) is 5.69 Å². The smallest absolute Gasteiger partial charge is 0.115 e. The largest absolute Gasteiger partial charge is 0.508 e. The van der Waals surface area contributed by atoms with E-state index >= 15 is 0 Å². The van der Waals surface area contributed by atoms with Crippen molar-refractivity contribution in [2.45, 2.75) is 26.3 Å². The molecule has 2 heteroatoms. The molecule has 2 rings (SSSR count). The molecule has 0 fully saturated rings. The summed E-state index contributed by atoms with van der Waals surface area (Å²) in [5, 5.41) is 12.7. The van der Waals surface area contributed by atoms with Gasteiger partial charge in [-0.2, -0.15) is 0 Å². The third-order valence-electron chi connectivity index (χ3n) is 3.10. The van der Waals surface area contributed by atoms with Crippen LogP contribution in [0.5, 0.6) is 5.75 Å². The van der Waals surface area contributed by atoms with E-state index < -0.39 is 0 Å². The van der Waals surface area contributed by atoms with Crippen LogP contribution in [0, 0.1) is 6.92 Å². The fraction of sp³-hybridized carbons (Fsp3) is 0.250. The molecule has 1 atom stereocenters. The van der Waals surface area contributed by atoms with Gasteiger partial charge in [0.25, 0.3) is 0 Å². The molecule has 0 spiro atoms. The molecule has 18 heavy (non-hydrogen) atoms. The van der Waals surface area contributed by atoms with Gasteiger partial charge in [0.1, 0.15) is 5.75 Å². The quantitative estimate of drug-likeness (QED) is 0.784. The maximum atomic E-state index is 9.27. The molecule has 0 aliphatic carbocycles. The summed E-state index contributed by atoms with van der Waals surface area (Å²) < 4.78 is 0. The summed E-state index contributed by atoms with van der Waals surface area (Å²) >= 11 is 0. The van der Waals surface area contributed by atoms with Crippen LogP contribution >= 0.6 is 0 Å². The zero-order chi connectivity index (χ0) is 13.0. The lowest BCUT2D eigenvalue weighted by molar-refractivity contribution is 0.475. The van der Waals surface area contributed by atoms with Crippen LogP contribution in [0.2, 0.25) is 0 Å². The first-order chi connectivity index (χ1) is 8.69. The van der Waals surface area contributed by atoms with Gasteiger partial charge in [0.2, 0.25) is 0 Å². The molecule has 2 nitrogen and oxygen atoms in total. The highest BCUT2D eigenvalue weighted by Gasteiger charge is 2.08. The molecule has 0 aliphatic rings. The van der Waals surface area contributed by atoms with Gasteiger partial charge < -0.3 is 10.4 Å². The molecular formula is C16H19NO. The van der Waals surface area contributed by atoms with E-state index in [1.165, 1.54) is 11.1 Å². The van der Waals surface area contributed by atoms with E-state index in [1.807, 2.05) is 12.1 Å². The van der Waals surface area contributed by atoms with Gasteiger partial charge in [0.05, 0.1) is 6.04 Å². The Labute approximate surface area is 108 Å². The first-order valence-electron chi connectivity index (χ1n) is 6.31. The summed E-state index contributed by atoms with van der Waals surface area (Å²) in [7, 11) is 0. The summed E-state index contributed by atoms with van der Waals surface area (Å²) in [6, 6.07) is 16.1. The van der Waals surface area contributed by atoms with Gasteiger partial charge in [-0.1, -0.05) is 36.8 Å². The SMILES string of the molecule is CCC(Nc1ccc(O)cc1)c1ccc(C)cc1. The number of benzene rings is 2. The van der Waals surface area contributed by atoms with Gasteiger partial charge in [0.15, 0.2) is 0 Å². The maximum Gasteiger partial charge on any atom is 0.115 e. The molecule has 0 bridgehead atoms. The highest BCUT2D eigenvalue weighted by atomic mass is 16.3. The molecule has 0 aliphatic heterocycles. The van der Waals surface area contributed by atoms with Crippen LogP contribution in [-0.4, -0.2) is 5.11 Å². The van der Waals surface area contributed by atoms with Crippen LogP contribution in [0.25, 0.3) is 0 Å². The Kier molecular flexibility index (Phi) is 3.88. The standard InChI is InChI=1S/C16H19NO/c1-3-16(13-6-4-12(2)5-7-13)17-14-8-10-15(18)11-9-14/h4-11,16-18H,3H2,1-2H3. The van der Waals surface area contributed by atoms with Crippen molar-refractivity contribution in [1.29, 1.82) is 0 Å². The van der Waals surface area contributed by atoms with E-state index in [9.17, 15) is 5.11 Å². The van der Waals surface area contributed by atoms with E-state index in [2.05, 4.69) is 43.4 Å². The molecule has 2 N–H and O–H groups in total. The van der Waals surface area contributed by atoms with Gasteiger partial charge in [-0.3, -0.25) is 0 Å². The first kappa shape index (κ1) is 12.5. The van der Waals surface area contributed by atoms with E-state index in [0.29, 0.717) is 11.8 Å². The van der Waals surface area contributed by atoms with Crippen molar-refractivity contribution >= 4 is 5.69 Å². The number of nitrogens with one attached hydrogen (secondary N) is 1. The molecule has 0 heterocycles. The first-order valence-corrected chi connectivity index (χ1v) is 6.31. The van der Waals surface area contributed by atoms with Gasteiger partial charge in [-0.05, 0) is 43.2 Å². The zero-order valence-electron chi connectivity index (χ0n) is 10.9. The predicted molar refractivity (Wildman–Crippen MR) is 75.9 cm³/mol. The van der Waals surface area contributed by atoms with E-state index in [1.54, 1.807) is 12.1 Å². The highest BCUT2D eigenvalue weighted by Crippen LogP contribution is 2.24. The van der Waals surface area contributed by atoms with Gasteiger partial charge in [-0.25, -0.2) is 0 Å². The second-order valence-corrected chi connectivity index (χ2v) is 4.56. The van der Waals surface area contributed by atoms with E-state index in [-0.39, 0.29) is 0 Å². The molecule has 2 aromatic rings. The molecule has 2 aromatic carbocycles. The van der Waals surface area contributed by atoms with Crippen molar-refractivity contribution < 1.29 is 5.11 Å². The third-order valence-corrected chi connectivity index (χ3v) is 3.10. The predicted octanol–water partition coefficient (Wildman–Crippen LogP) is 4.26. The van der Waals surface area contributed by atoms with Gasteiger partial charge in [-0.15, -0.1) is 0 Å². The summed E-state index contributed by atoms with van der Waals surface area (Å²) in [6.45, 7) is 4.26. The number of phenols is 1. The molecule has 0 aromatic heterocycles. The van der Waals surface area contributed by atoms with Crippen molar-refractivity contribution in [3.8, 4) is 5.75 Å². The third kappa shape index (κ3) is 3.04. The number of aromatic hydroxyl groups is 1. The summed E-state index contributed by atoms with van der Waals surface area (Å²) in [6.07, 6.45) is 1.02. The Hall–Kier alpha value is -1.96. The molecule has 1 unspecified atom stereocenters. The fourth-order valence-corrected chi connectivity index (χ4v) is 1.98. The number of rotatable bonds is 4. The topological polar surface area (TPSA) is 32.3 Å². The lowest BCUT2D eigenvalue weighted by Crippen LogP contribution is -2.09. The van der Waals surface area contributed by atoms with E-state index in [4.69, 9.17) is 0 Å². The minimum atomic E-state index is 0.295. The summed E-state index contributed by atoms with van der Waals surface area (Å²) in [4.78, 5) is 0. The van der Waals surface area contributed by atoms with Crippen LogP contribution in [0.3, 0.4) is 0 Å². The van der Waals surface area contributed by atoms with Crippen LogP contribution in [0.4, 0.5) is 5.69 Å². The van der Waals surface area contributed by atoms with Gasteiger partial charge >= 0.3 is 0 Å². The monoisotopic (exact) mass is 241 g/mol. The number of hydrogen-bond acceptors (Lipinski definition) is 2. The Morgan fingerprint density at radius 2 is 1.61 bits per heavy atom. The van der Waals surface area contributed by atoms with Crippen molar-refractivity contribution in [2.75, 3.05) is 5.32 Å². The van der Waals surface area contributed by atoms with Crippen molar-refractivity contribution in [3.05, 3.63) is 59.7 Å². The number of hydrogen-bond donors (Lipinski definition) is 2. The molecule has 94 valence electrons. The normalized spacial score (nSPS) is 12.1. The number of anilines is 1. The van der Waals surface area contributed by atoms with Crippen molar-refractivity contribution in [2.24, 2.45) is 0 Å². The number of aryl methyl sites for hydroxylation is 1. The Morgan fingerprint density at radius 3 is 2.17 bits per heavy atom. The molecular weight excluding hydrogens is 222 g/mol. The molecule has 0 radical (unpaired) electrons. The average molecular weight is 241 g/mol. The lowest BCUT2D eigenvalue weighted by atomic mass is 10.0. The molecule has 0 saturated heterocycles. The summed E-state index contributed by atoms with van der Waals surface area (Å²) in [5.74, 6) is 0.295. The van der Waals surface area contributed by atoms with Crippen LogP contribution in [0.1, 0.15) is 30.5 Å².